The highest BCUT2D eigenvalue weighted by atomic mass is 35.5. The number of aromatic nitrogens is 1. The molecule has 2 heterocycles. The summed E-state index contributed by atoms with van der Waals surface area (Å²) in [5.41, 5.74) is 0.683. The number of hydrogen-bond acceptors (Lipinski definition) is 3. The van der Waals surface area contributed by atoms with Crippen molar-refractivity contribution in [2.24, 2.45) is 5.41 Å². The number of nitrogens with one attached hydrogen (secondary N) is 3. The molecule has 1 fully saturated rings. The molecule has 0 radical (unpaired) electrons. The zero-order valence-electron chi connectivity index (χ0n) is 13.1. The molecule has 3 N–H and O–H groups in total. The highest BCUT2D eigenvalue weighted by Crippen LogP contribution is 2.26. The number of amides is 1. The smallest absolute Gasteiger partial charge is 0.261 e. The van der Waals surface area contributed by atoms with Gasteiger partial charge in [-0.05, 0) is 48.9 Å². The Balaban J connectivity index is 0.00000192. The summed E-state index contributed by atoms with van der Waals surface area (Å²) in [5.74, 6) is -0.299. The molecule has 1 aliphatic heterocycles. The molecule has 0 saturated carbocycles. The molecule has 0 spiro atoms. The van der Waals surface area contributed by atoms with E-state index in [1.165, 1.54) is 0 Å². The molecule has 3 rings (SSSR count). The number of hydrogen-bond donors (Lipinski definition) is 3. The molecular weight excluding hydrogens is 314 g/mol. The average molecular weight is 336 g/mol. The molecule has 6 heteroatoms. The maximum absolute atomic E-state index is 12.3. The number of halogens is 1. The van der Waals surface area contributed by atoms with Crippen LogP contribution in [0, 0.1) is 5.41 Å². The van der Waals surface area contributed by atoms with Crippen LogP contribution in [0.1, 0.15) is 30.1 Å². The number of piperidine rings is 1. The molecule has 0 unspecified atom stereocenters. The van der Waals surface area contributed by atoms with E-state index in [0.29, 0.717) is 6.54 Å². The van der Waals surface area contributed by atoms with E-state index < -0.39 is 0 Å². The van der Waals surface area contributed by atoms with E-state index in [2.05, 4.69) is 22.5 Å². The van der Waals surface area contributed by atoms with Gasteiger partial charge in [0.15, 0.2) is 0 Å². The second kappa shape index (κ2) is 7.15. The molecule has 2 aromatic rings. The minimum atomic E-state index is -0.341. The number of H-pyrrole nitrogens is 1. The molecule has 0 bridgehead atoms. The summed E-state index contributed by atoms with van der Waals surface area (Å²) in [5, 5.41) is 7.11. The molecule has 23 heavy (non-hydrogen) atoms. The first-order valence-electron chi connectivity index (χ1n) is 7.68. The maximum atomic E-state index is 12.3. The van der Waals surface area contributed by atoms with E-state index >= 15 is 0 Å². The van der Waals surface area contributed by atoms with Crippen LogP contribution in [-0.4, -0.2) is 30.5 Å². The minimum absolute atomic E-state index is 0. The Hall–Kier alpha value is -1.85. The fourth-order valence-corrected chi connectivity index (χ4v) is 2.91. The highest BCUT2D eigenvalue weighted by Gasteiger charge is 2.27. The number of carbonyl (C=O) groups is 1. The standard InChI is InChI=1S/C17H21N3O2.ClH/c1-17(6-8-18-9-7-17)11-19-15(21)13-10-12-4-2-3-5-14(12)20-16(13)22;/h2-5,10,18H,6-9,11H2,1H3,(H,19,21)(H,20,22);1H. The molecule has 1 aromatic heterocycles. The molecular formula is C17H22ClN3O2. The lowest BCUT2D eigenvalue weighted by Crippen LogP contribution is -2.43. The Morgan fingerprint density at radius 1 is 1.26 bits per heavy atom. The summed E-state index contributed by atoms with van der Waals surface area (Å²) in [4.78, 5) is 27.2. The van der Waals surface area contributed by atoms with Gasteiger partial charge < -0.3 is 15.6 Å². The van der Waals surface area contributed by atoms with Gasteiger partial charge in [0.05, 0.1) is 0 Å². The summed E-state index contributed by atoms with van der Waals surface area (Å²) >= 11 is 0. The third kappa shape index (κ3) is 3.92. The molecule has 1 amide bonds. The number of rotatable bonds is 3. The lowest BCUT2D eigenvalue weighted by molar-refractivity contribution is 0.0921. The van der Waals surface area contributed by atoms with Gasteiger partial charge in [-0.25, -0.2) is 0 Å². The molecule has 1 saturated heterocycles. The van der Waals surface area contributed by atoms with Gasteiger partial charge >= 0.3 is 0 Å². The van der Waals surface area contributed by atoms with Gasteiger partial charge in [-0.3, -0.25) is 9.59 Å². The molecule has 0 atom stereocenters. The van der Waals surface area contributed by atoms with E-state index in [1.54, 1.807) is 6.07 Å². The predicted octanol–water partition coefficient (Wildman–Crippen LogP) is 2.07. The van der Waals surface area contributed by atoms with Crippen molar-refractivity contribution in [1.29, 1.82) is 0 Å². The van der Waals surface area contributed by atoms with Crippen molar-refractivity contribution < 1.29 is 4.79 Å². The summed E-state index contributed by atoms with van der Waals surface area (Å²) < 4.78 is 0. The number of carbonyl (C=O) groups excluding carboxylic acids is 1. The van der Waals surface area contributed by atoms with Crippen molar-refractivity contribution in [3.63, 3.8) is 0 Å². The summed E-state index contributed by atoms with van der Waals surface area (Å²) in [7, 11) is 0. The van der Waals surface area contributed by atoms with Gasteiger partial charge in [0, 0.05) is 12.1 Å². The third-order valence-corrected chi connectivity index (χ3v) is 4.48. The zero-order valence-corrected chi connectivity index (χ0v) is 14.0. The van der Waals surface area contributed by atoms with Crippen molar-refractivity contribution >= 4 is 29.2 Å². The first kappa shape index (κ1) is 17.5. The zero-order chi connectivity index (χ0) is 15.6. The van der Waals surface area contributed by atoms with Crippen LogP contribution in [0.15, 0.2) is 35.1 Å². The maximum Gasteiger partial charge on any atom is 0.261 e. The topological polar surface area (TPSA) is 74.0 Å². The minimum Gasteiger partial charge on any atom is -0.351 e. The average Bonchev–Trinajstić information content (AvgIpc) is 2.53. The number of aromatic amines is 1. The Bertz CT molecular complexity index is 751. The number of fused-ring (bicyclic) bond motifs is 1. The number of para-hydroxylation sites is 1. The lowest BCUT2D eigenvalue weighted by Gasteiger charge is -2.34. The Labute approximate surface area is 141 Å². The van der Waals surface area contributed by atoms with E-state index in [0.717, 1.165) is 36.8 Å². The van der Waals surface area contributed by atoms with Gasteiger partial charge in [-0.1, -0.05) is 25.1 Å². The van der Waals surface area contributed by atoms with Crippen molar-refractivity contribution in [3.05, 3.63) is 46.2 Å². The molecule has 5 nitrogen and oxygen atoms in total. The van der Waals surface area contributed by atoms with Gasteiger partial charge in [0.1, 0.15) is 5.56 Å². The van der Waals surface area contributed by atoms with Crippen LogP contribution >= 0.6 is 12.4 Å². The fraction of sp³-hybridized carbons (Fsp3) is 0.412. The molecule has 1 aromatic carbocycles. The van der Waals surface area contributed by atoms with Gasteiger partial charge in [-0.2, -0.15) is 0 Å². The van der Waals surface area contributed by atoms with E-state index in [-0.39, 0.29) is 34.9 Å². The second-order valence-electron chi connectivity index (χ2n) is 6.34. The summed E-state index contributed by atoms with van der Waals surface area (Å²) in [6, 6.07) is 9.12. The molecule has 124 valence electrons. The Morgan fingerprint density at radius 3 is 2.70 bits per heavy atom. The number of pyridine rings is 1. The normalized spacial score (nSPS) is 16.6. The van der Waals surface area contributed by atoms with Gasteiger partial charge in [0.2, 0.25) is 0 Å². The van der Waals surface area contributed by atoms with E-state index in [4.69, 9.17) is 0 Å². The van der Waals surface area contributed by atoms with Crippen molar-refractivity contribution in [2.75, 3.05) is 19.6 Å². The summed E-state index contributed by atoms with van der Waals surface area (Å²) in [6.07, 6.45) is 2.06. The van der Waals surface area contributed by atoms with Crippen LogP contribution in [0.3, 0.4) is 0 Å². The Morgan fingerprint density at radius 2 is 1.96 bits per heavy atom. The monoisotopic (exact) mass is 335 g/mol. The van der Waals surface area contributed by atoms with Crippen LogP contribution in [-0.2, 0) is 0 Å². The molecule has 0 aliphatic carbocycles. The first-order valence-corrected chi connectivity index (χ1v) is 7.68. The van der Waals surface area contributed by atoms with Crippen LogP contribution in [0.2, 0.25) is 0 Å². The third-order valence-electron chi connectivity index (χ3n) is 4.48. The predicted molar refractivity (Wildman–Crippen MR) is 94.4 cm³/mol. The second-order valence-corrected chi connectivity index (χ2v) is 6.34. The van der Waals surface area contributed by atoms with E-state index in [1.807, 2.05) is 24.3 Å². The van der Waals surface area contributed by atoms with E-state index in [9.17, 15) is 9.59 Å². The van der Waals surface area contributed by atoms with Crippen LogP contribution < -0.4 is 16.2 Å². The van der Waals surface area contributed by atoms with Crippen LogP contribution in [0.5, 0.6) is 0 Å². The summed E-state index contributed by atoms with van der Waals surface area (Å²) in [6.45, 7) is 4.73. The quantitative estimate of drug-likeness (QED) is 0.804. The van der Waals surface area contributed by atoms with Crippen LogP contribution in [0.25, 0.3) is 10.9 Å². The van der Waals surface area contributed by atoms with Crippen molar-refractivity contribution in [1.82, 2.24) is 15.6 Å². The SMILES string of the molecule is CC1(CNC(=O)c2cc3ccccc3[nH]c2=O)CCNCC1.Cl. The van der Waals surface area contributed by atoms with Crippen molar-refractivity contribution in [2.45, 2.75) is 19.8 Å². The Kier molecular flexibility index (Phi) is 5.44. The number of benzene rings is 1. The first-order chi connectivity index (χ1) is 10.6. The largest absolute Gasteiger partial charge is 0.351 e. The van der Waals surface area contributed by atoms with Crippen molar-refractivity contribution in [3.8, 4) is 0 Å². The van der Waals surface area contributed by atoms with Gasteiger partial charge in [0.25, 0.3) is 11.5 Å². The lowest BCUT2D eigenvalue weighted by atomic mass is 9.81. The van der Waals surface area contributed by atoms with Gasteiger partial charge in [-0.15, -0.1) is 12.4 Å². The molecule has 1 aliphatic rings. The van der Waals surface area contributed by atoms with Crippen LogP contribution in [0.4, 0.5) is 0 Å². The fourth-order valence-electron chi connectivity index (χ4n) is 2.91. The highest BCUT2D eigenvalue weighted by molar-refractivity contribution is 5.97.